The number of aliphatic hydroxyl groups excluding tert-OH is 1. The molecule has 1 N–H and O–H groups in total. The molecule has 0 spiro atoms. The minimum absolute atomic E-state index is 0.0342. The number of rotatable bonds is 5. The van der Waals surface area contributed by atoms with Gasteiger partial charge in [-0.05, 0) is 31.0 Å². The smallest absolute Gasteiger partial charge is 0.263 e. The van der Waals surface area contributed by atoms with Crippen molar-refractivity contribution in [1.82, 2.24) is 14.7 Å². The fraction of sp³-hybridized carbons (Fsp3) is 0.444. The zero-order valence-electron chi connectivity index (χ0n) is 13.8. The van der Waals surface area contributed by atoms with Crippen LogP contribution in [0.5, 0.6) is 0 Å². The Morgan fingerprint density at radius 1 is 1.28 bits per heavy atom. The number of nitrogens with zero attached hydrogens (tertiary/aromatic N) is 3. The van der Waals surface area contributed by atoms with Gasteiger partial charge in [0.25, 0.3) is 12.3 Å². The summed E-state index contributed by atoms with van der Waals surface area (Å²) in [5.74, 6) is 0.0790. The van der Waals surface area contributed by atoms with Crippen molar-refractivity contribution >= 4 is 5.91 Å². The van der Waals surface area contributed by atoms with Gasteiger partial charge in [0.1, 0.15) is 0 Å². The van der Waals surface area contributed by atoms with Gasteiger partial charge in [0.2, 0.25) is 0 Å². The highest BCUT2D eigenvalue weighted by Crippen LogP contribution is 2.29. The molecule has 1 fully saturated rings. The van der Waals surface area contributed by atoms with Crippen molar-refractivity contribution in [2.75, 3.05) is 19.7 Å². The number of carbonyl (C=O) groups excluding carboxylic acids is 1. The third kappa shape index (κ3) is 3.87. The third-order valence-electron chi connectivity index (χ3n) is 4.65. The largest absolute Gasteiger partial charge is 0.394 e. The quantitative estimate of drug-likeness (QED) is 0.903. The Kier molecular flexibility index (Phi) is 5.43. The Balaban J connectivity index is 1.65. The highest BCUT2D eigenvalue weighted by atomic mass is 19.3. The number of halogens is 2. The van der Waals surface area contributed by atoms with Crippen LogP contribution in [-0.2, 0) is 6.54 Å². The van der Waals surface area contributed by atoms with Gasteiger partial charge in [0, 0.05) is 42.0 Å². The van der Waals surface area contributed by atoms with E-state index in [-0.39, 0.29) is 24.0 Å². The highest BCUT2D eigenvalue weighted by Gasteiger charge is 2.26. The molecule has 134 valence electrons. The molecule has 7 heteroatoms. The predicted molar refractivity (Wildman–Crippen MR) is 88.6 cm³/mol. The first-order chi connectivity index (χ1) is 12.1. The summed E-state index contributed by atoms with van der Waals surface area (Å²) in [6.45, 7) is 1.65. The SMILES string of the molecule is O=C(c1cccc(C(F)F)c1)N1CCC(c2ccnn2CCO)CC1. The number of hydrogen-bond donors (Lipinski definition) is 1. The Bertz CT molecular complexity index is 725. The summed E-state index contributed by atoms with van der Waals surface area (Å²) in [5.41, 5.74) is 1.25. The van der Waals surface area contributed by atoms with Gasteiger partial charge in [0.15, 0.2) is 0 Å². The number of aromatic nitrogens is 2. The molecule has 1 aromatic heterocycles. The number of likely N-dealkylation sites (tertiary alicyclic amines) is 1. The lowest BCUT2D eigenvalue weighted by atomic mass is 9.93. The average Bonchev–Trinajstić information content (AvgIpc) is 3.10. The normalized spacial score (nSPS) is 15.8. The molecular weight excluding hydrogens is 328 g/mol. The lowest BCUT2D eigenvalue weighted by molar-refractivity contribution is 0.0710. The first-order valence-electron chi connectivity index (χ1n) is 8.40. The van der Waals surface area contributed by atoms with Crippen LogP contribution in [0.1, 0.15) is 46.8 Å². The summed E-state index contributed by atoms with van der Waals surface area (Å²) in [7, 11) is 0. The van der Waals surface area contributed by atoms with Gasteiger partial charge < -0.3 is 10.0 Å². The number of carbonyl (C=O) groups is 1. The molecule has 1 aromatic carbocycles. The third-order valence-corrected chi connectivity index (χ3v) is 4.65. The van der Waals surface area contributed by atoms with Crippen molar-refractivity contribution in [1.29, 1.82) is 0 Å². The minimum Gasteiger partial charge on any atom is -0.394 e. The molecular formula is C18H21F2N3O2. The maximum atomic E-state index is 12.8. The van der Waals surface area contributed by atoms with Crippen molar-refractivity contribution in [3.8, 4) is 0 Å². The number of amides is 1. The van der Waals surface area contributed by atoms with Gasteiger partial charge >= 0.3 is 0 Å². The molecule has 1 saturated heterocycles. The van der Waals surface area contributed by atoms with Crippen LogP contribution in [0.15, 0.2) is 36.5 Å². The van der Waals surface area contributed by atoms with Crippen LogP contribution in [0.4, 0.5) is 8.78 Å². The standard InChI is InChI=1S/C18H21F2N3O2/c19-17(20)14-2-1-3-15(12-14)18(25)22-8-5-13(6-9-22)16-4-7-21-23(16)10-11-24/h1-4,7,12-13,17,24H,5-6,8-11H2. The summed E-state index contributed by atoms with van der Waals surface area (Å²) < 4.78 is 27.4. The number of alkyl halides is 2. The van der Waals surface area contributed by atoms with Crippen molar-refractivity contribution < 1.29 is 18.7 Å². The fourth-order valence-corrected chi connectivity index (χ4v) is 3.34. The minimum atomic E-state index is -2.58. The van der Waals surface area contributed by atoms with E-state index in [4.69, 9.17) is 5.11 Å². The van der Waals surface area contributed by atoms with Crippen LogP contribution in [0.2, 0.25) is 0 Å². The zero-order chi connectivity index (χ0) is 17.8. The molecule has 0 radical (unpaired) electrons. The molecule has 3 rings (SSSR count). The molecule has 2 heterocycles. The van der Waals surface area contributed by atoms with Crippen LogP contribution >= 0.6 is 0 Å². The van der Waals surface area contributed by atoms with E-state index in [1.165, 1.54) is 18.2 Å². The second kappa shape index (κ2) is 7.74. The van der Waals surface area contributed by atoms with E-state index in [0.29, 0.717) is 25.2 Å². The monoisotopic (exact) mass is 349 g/mol. The van der Waals surface area contributed by atoms with Gasteiger partial charge in [0.05, 0.1) is 13.2 Å². The van der Waals surface area contributed by atoms with Crippen LogP contribution in [-0.4, -0.2) is 45.4 Å². The van der Waals surface area contributed by atoms with Crippen LogP contribution < -0.4 is 0 Å². The van der Waals surface area contributed by atoms with E-state index < -0.39 is 6.43 Å². The summed E-state index contributed by atoms with van der Waals surface area (Å²) in [6.07, 6.45) is 0.720. The molecule has 1 aliphatic heterocycles. The van der Waals surface area contributed by atoms with Crippen molar-refractivity contribution in [2.24, 2.45) is 0 Å². The molecule has 2 aromatic rings. The topological polar surface area (TPSA) is 58.4 Å². The van der Waals surface area contributed by atoms with Gasteiger partial charge in [-0.25, -0.2) is 8.78 Å². The molecule has 0 aliphatic carbocycles. The Hall–Kier alpha value is -2.28. The summed E-state index contributed by atoms with van der Waals surface area (Å²) >= 11 is 0. The van der Waals surface area contributed by atoms with Crippen LogP contribution in [0.3, 0.4) is 0 Å². The molecule has 0 bridgehead atoms. The second-order valence-corrected chi connectivity index (χ2v) is 6.20. The number of benzene rings is 1. The first-order valence-corrected chi connectivity index (χ1v) is 8.40. The van der Waals surface area contributed by atoms with Crippen LogP contribution in [0, 0.1) is 0 Å². The molecule has 5 nitrogen and oxygen atoms in total. The van der Waals surface area contributed by atoms with Crippen molar-refractivity contribution in [3.63, 3.8) is 0 Å². The first kappa shape index (κ1) is 17.5. The van der Waals surface area contributed by atoms with Crippen molar-refractivity contribution in [3.05, 3.63) is 53.3 Å². The predicted octanol–water partition coefficient (Wildman–Crippen LogP) is 2.83. The number of hydrogen-bond acceptors (Lipinski definition) is 3. The van der Waals surface area contributed by atoms with E-state index in [1.807, 2.05) is 6.07 Å². The van der Waals surface area contributed by atoms with Gasteiger partial charge in [-0.15, -0.1) is 0 Å². The zero-order valence-corrected chi connectivity index (χ0v) is 13.8. The molecule has 0 atom stereocenters. The lowest BCUT2D eigenvalue weighted by Crippen LogP contribution is -2.38. The molecule has 0 unspecified atom stereocenters. The Morgan fingerprint density at radius 2 is 2.04 bits per heavy atom. The van der Waals surface area contributed by atoms with E-state index in [1.54, 1.807) is 21.8 Å². The van der Waals surface area contributed by atoms with Crippen LogP contribution in [0.25, 0.3) is 0 Å². The van der Waals surface area contributed by atoms with Gasteiger partial charge in [-0.2, -0.15) is 5.10 Å². The van der Waals surface area contributed by atoms with E-state index in [2.05, 4.69) is 5.10 Å². The summed E-state index contributed by atoms with van der Waals surface area (Å²) in [5, 5.41) is 13.3. The second-order valence-electron chi connectivity index (χ2n) is 6.20. The van der Waals surface area contributed by atoms with E-state index >= 15 is 0 Å². The average molecular weight is 349 g/mol. The molecule has 0 saturated carbocycles. The maximum absolute atomic E-state index is 12.8. The van der Waals surface area contributed by atoms with Crippen molar-refractivity contribution in [2.45, 2.75) is 31.7 Å². The summed E-state index contributed by atoms with van der Waals surface area (Å²) in [6, 6.07) is 7.63. The lowest BCUT2D eigenvalue weighted by Gasteiger charge is -2.32. The maximum Gasteiger partial charge on any atom is 0.263 e. The highest BCUT2D eigenvalue weighted by molar-refractivity contribution is 5.94. The fourth-order valence-electron chi connectivity index (χ4n) is 3.34. The number of piperidine rings is 1. The van der Waals surface area contributed by atoms with Gasteiger partial charge in [-0.1, -0.05) is 12.1 Å². The number of aliphatic hydroxyl groups is 1. The summed E-state index contributed by atoms with van der Waals surface area (Å²) in [4.78, 5) is 14.3. The molecule has 1 amide bonds. The van der Waals surface area contributed by atoms with E-state index in [9.17, 15) is 13.6 Å². The molecule has 1 aliphatic rings. The van der Waals surface area contributed by atoms with E-state index in [0.717, 1.165) is 18.5 Å². The Morgan fingerprint density at radius 3 is 2.72 bits per heavy atom. The molecule has 25 heavy (non-hydrogen) atoms. The van der Waals surface area contributed by atoms with Gasteiger partial charge in [-0.3, -0.25) is 9.48 Å². The Labute approximate surface area is 144 Å².